The first kappa shape index (κ1) is 14.8. The highest BCUT2D eigenvalue weighted by molar-refractivity contribution is 7.99. The Morgan fingerprint density at radius 2 is 1.77 bits per heavy atom. The van der Waals surface area contributed by atoms with Crippen LogP contribution in [0.15, 0.2) is 48.5 Å². The van der Waals surface area contributed by atoms with Crippen molar-refractivity contribution in [3.63, 3.8) is 0 Å². The standard InChI is InChI=1S/C17H17NO3S/c19-14-8-13(9-15(20)10-14)17-18(16(21)6-7-22-17)11-12-4-2-1-3-5-12/h1-5,8-10,17,19-20H,6-7,11H2. The number of aromatic hydroxyl groups is 2. The van der Waals surface area contributed by atoms with Crippen molar-refractivity contribution >= 4 is 17.7 Å². The average Bonchev–Trinajstić information content (AvgIpc) is 2.49. The van der Waals surface area contributed by atoms with Crippen LogP contribution >= 0.6 is 11.8 Å². The van der Waals surface area contributed by atoms with Crippen LogP contribution in [0.5, 0.6) is 11.5 Å². The van der Waals surface area contributed by atoms with Gasteiger partial charge in [0.15, 0.2) is 0 Å². The van der Waals surface area contributed by atoms with E-state index in [4.69, 9.17) is 0 Å². The van der Waals surface area contributed by atoms with Gasteiger partial charge in [-0.25, -0.2) is 0 Å². The van der Waals surface area contributed by atoms with Crippen LogP contribution in [0, 0.1) is 0 Å². The molecule has 4 nitrogen and oxygen atoms in total. The first-order chi connectivity index (χ1) is 10.6. The summed E-state index contributed by atoms with van der Waals surface area (Å²) in [5.74, 6) is 0.850. The van der Waals surface area contributed by atoms with Crippen molar-refractivity contribution in [2.45, 2.75) is 18.3 Å². The van der Waals surface area contributed by atoms with Gasteiger partial charge < -0.3 is 15.1 Å². The second-order valence-electron chi connectivity index (χ2n) is 5.26. The quantitative estimate of drug-likeness (QED) is 0.912. The number of rotatable bonds is 3. The molecule has 1 fully saturated rings. The largest absolute Gasteiger partial charge is 0.508 e. The average molecular weight is 315 g/mol. The summed E-state index contributed by atoms with van der Waals surface area (Å²) in [6.45, 7) is 0.522. The first-order valence-electron chi connectivity index (χ1n) is 7.11. The van der Waals surface area contributed by atoms with Gasteiger partial charge in [0.05, 0.1) is 0 Å². The van der Waals surface area contributed by atoms with E-state index in [1.54, 1.807) is 28.8 Å². The third-order valence-electron chi connectivity index (χ3n) is 3.60. The fourth-order valence-electron chi connectivity index (χ4n) is 2.61. The third kappa shape index (κ3) is 3.20. The van der Waals surface area contributed by atoms with Crippen molar-refractivity contribution in [3.05, 3.63) is 59.7 Å². The monoisotopic (exact) mass is 315 g/mol. The van der Waals surface area contributed by atoms with Gasteiger partial charge in [-0.1, -0.05) is 30.3 Å². The molecular weight excluding hydrogens is 298 g/mol. The molecule has 1 heterocycles. The van der Waals surface area contributed by atoms with Crippen LogP contribution in [-0.2, 0) is 11.3 Å². The van der Waals surface area contributed by atoms with Gasteiger partial charge in [0, 0.05) is 24.8 Å². The number of hydrogen-bond acceptors (Lipinski definition) is 4. The van der Waals surface area contributed by atoms with Crippen LogP contribution in [0.25, 0.3) is 0 Å². The van der Waals surface area contributed by atoms with Crippen LogP contribution in [0.4, 0.5) is 0 Å². The molecule has 2 aromatic rings. The van der Waals surface area contributed by atoms with Crippen molar-refractivity contribution in [2.75, 3.05) is 5.75 Å². The van der Waals surface area contributed by atoms with Gasteiger partial charge in [-0.05, 0) is 23.3 Å². The minimum absolute atomic E-state index is 0.00767. The molecule has 1 atom stereocenters. The van der Waals surface area contributed by atoms with E-state index in [1.165, 1.54) is 6.07 Å². The van der Waals surface area contributed by atoms with Crippen molar-refractivity contribution in [2.24, 2.45) is 0 Å². The van der Waals surface area contributed by atoms with Gasteiger partial charge in [-0.2, -0.15) is 0 Å². The van der Waals surface area contributed by atoms with Crippen molar-refractivity contribution in [3.8, 4) is 11.5 Å². The van der Waals surface area contributed by atoms with E-state index >= 15 is 0 Å². The Hall–Kier alpha value is -2.14. The molecule has 114 valence electrons. The van der Waals surface area contributed by atoms with E-state index in [0.29, 0.717) is 13.0 Å². The Morgan fingerprint density at radius 3 is 2.45 bits per heavy atom. The highest BCUT2D eigenvalue weighted by Gasteiger charge is 2.30. The molecule has 0 bridgehead atoms. The molecule has 1 saturated heterocycles. The molecule has 0 saturated carbocycles. The van der Waals surface area contributed by atoms with Gasteiger partial charge in [0.2, 0.25) is 5.91 Å². The van der Waals surface area contributed by atoms with Crippen molar-refractivity contribution in [1.29, 1.82) is 0 Å². The van der Waals surface area contributed by atoms with Gasteiger partial charge in [-0.15, -0.1) is 11.8 Å². The third-order valence-corrected chi connectivity index (χ3v) is 4.88. The zero-order valence-corrected chi connectivity index (χ0v) is 12.8. The highest BCUT2D eigenvalue weighted by Crippen LogP contribution is 2.40. The summed E-state index contributed by atoms with van der Waals surface area (Å²) in [6.07, 6.45) is 0.513. The van der Waals surface area contributed by atoms with E-state index in [-0.39, 0.29) is 22.8 Å². The summed E-state index contributed by atoms with van der Waals surface area (Å²) in [4.78, 5) is 14.1. The number of amides is 1. The van der Waals surface area contributed by atoms with Crippen molar-refractivity contribution < 1.29 is 15.0 Å². The summed E-state index contributed by atoms with van der Waals surface area (Å²) in [5.41, 5.74) is 1.80. The van der Waals surface area contributed by atoms with Crippen molar-refractivity contribution in [1.82, 2.24) is 4.90 Å². The molecule has 2 N–H and O–H groups in total. The van der Waals surface area contributed by atoms with E-state index in [2.05, 4.69) is 0 Å². The Morgan fingerprint density at radius 1 is 1.09 bits per heavy atom. The van der Waals surface area contributed by atoms with Gasteiger partial charge in [0.25, 0.3) is 0 Å². The van der Waals surface area contributed by atoms with E-state index < -0.39 is 0 Å². The SMILES string of the molecule is O=C1CCSC(c2cc(O)cc(O)c2)N1Cc1ccccc1. The van der Waals surface area contributed by atoms with Gasteiger partial charge in [-0.3, -0.25) is 4.79 Å². The predicted octanol–water partition coefficient (Wildman–Crippen LogP) is 3.26. The Balaban J connectivity index is 1.91. The summed E-state index contributed by atoms with van der Waals surface area (Å²) in [5, 5.41) is 19.2. The number of carbonyl (C=O) groups excluding carboxylic acids is 1. The lowest BCUT2D eigenvalue weighted by atomic mass is 10.1. The lowest BCUT2D eigenvalue weighted by Gasteiger charge is -2.35. The molecule has 1 unspecified atom stereocenters. The summed E-state index contributed by atoms with van der Waals surface area (Å²) in [7, 11) is 0. The Bertz CT molecular complexity index is 655. The number of hydrogen-bond donors (Lipinski definition) is 2. The summed E-state index contributed by atoms with van der Waals surface area (Å²) in [6, 6.07) is 14.3. The molecular formula is C17H17NO3S. The molecule has 2 aromatic carbocycles. The second kappa shape index (κ2) is 6.32. The molecule has 22 heavy (non-hydrogen) atoms. The van der Waals surface area contributed by atoms with Crippen LogP contribution in [0.1, 0.15) is 22.9 Å². The van der Waals surface area contributed by atoms with Crippen LogP contribution < -0.4 is 0 Å². The number of phenols is 2. The lowest BCUT2D eigenvalue weighted by molar-refractivity contribution is -0.132. The highest BCUT2D eigenvalue weighted by atomic mass is 32.2. The van der Waals surface area contributed by atoms with E-state index in [1.807, 2.05) is 30.3 Å². The second-order valence-corrected chi connectivity index (χ2v) is 6.45. The first-order valence-corrected chi connectivity index (χ1v) is 8.16. The molecule has 1 amide bonds. The van der Waals surface area contributed by atoms with E-state index in [9.17, 15) is 15.0 Å². The minimum atomic E-state index is -0.195. The van der Waals surface area contributed by atoms with Gasteiger partial charge >= 0.3 is 0 Å². The normalized spacial score (nSPS) is 18.5. The maximum absolute atomic E-state index is 12.3. The summed E-state index contributed by atoms with van der Waals surface area (Å²) < 4.78 is 0. The maximum Gasteiger partial charge on any atom is 0.224 e. The number of thioether (sulfide) groups is 1. The van der Waals surface area contributed by atoms with Crippen LogP contribution in [0.3, 0.4) is 0 Å². The smallest absolute Gasteiger partial charge is 0.224 e. The number of benzene rings is 2. The van der Waals surface area contributed by atoms with Crippen LogP contribution in [-0.4, -0.2) is 26.8 Å². The zero-order chi connectivity index (χ0) is 15.5. The number of nitrogens with zero attached hydrogens (tertiary/aromatic N) is 1. The fraction of sp³-hybridized carbons (Fsp3) is 0.235. The predicted molar refractivity (Wildman–Crippen MR) is 86.6 cm³/mol. The maximum atomic E-state index is 12.3. The molecule has 1 aliphatic rings. The molecule has 0 aromatic heterocycles. The topological polar surface area (TPSA) is 60.8 Å². The Kier molecular flexibility index (Phi) is 4.24. The summed E-state index contributed by atoms with van der Waals surface area (Å²) >= 11 is 1.65. The zero-order valence-electron chi connectivity index (χ0n) is 12.0. The molecule has 5 heteroatoms. The fourth-order valence-corrected chi connectivity index (χ4v) is 3.83. The van der Waals surface area contributed by atoms with Gasteiger partial charge in [0.1, 0.15) is 16.9 Å². The Labute approximate surface area is 133 Å². The molecule has 0 aliphatic carbocycles. The van der Waals surface area contributed by atoms with E-state index in [0.717, 1.165) is 16.9 Å². The molecule has 1 aliphatic heterocycles. The van der Waals surface area contributed by atoms with Crippen LogP contribution in [0.2, 0.25) is 0 Å². The molecule has 0 spiro atoms. The number of carbonyl (C=O) groups is 1. The molecule has 0 radical (unpaired) electrons. The minimum Gasteiger partial charge on any atom is -0.508 e. The lowest BCUT2D eigenvalue weighted by Crippen LogP contribution is -2.36. The molecule has 3 rings (SSSR count). The number of phenolic OH excluding ortho intramolecular Hbond substituents is 2.